The van der Waals surface area contributed by atoms with Crippen LogP contribution < -0.4 is 5.32 Å². The number of furan rings is 1. The number of carbonyl (C=O) groups excluding carboxylic acids is 1. The molecule has 0 aliphatic heterocycles. The van der Waals surface area contributed by atoms with Crippen LogP contribution in [0.4, 0.5) is 5.69 Å². The molecule has 0 unspecified atom stereocenters. The van der Waals surface area contributed by atoms with Gasteiger partial charge in [0, 0.05) is 26.9 Å². The average molecular weight is 438 g/mol. The lowest BCUT2D eigenvalue weighted by Crippen LogP contribution is -2.14. The van der Waals surface area contributed by atoms with Crippen molar-refractivity contribution in [3.8, 4) is 11.3 Å². The molecule has 4 nitrogen and oxygen atoms in total. The number of hydrogen-bond donors (Lipinski definition) is 2. The van der Waals surface area contributed by atoms with Gasteiger partial charge in [-0.2, -0.15) is 0 Å². The van der Waals surface area contributed by atoms with E-state index in [0.717, 1.165) is 5.56 Å². The Morgan fingerprint density at radius 1 is 0.867 bits per heavy atom. The van der Waals surface area contributed by atoms with Gasteiger partial charge in [-0.15, -0.1) is 0 Å². The number of rotatable bonds is 5. The molecule has 2 N–H and O–H groups in total. The third-order valence-corrected chi connectivity index (χ3v) is 5.12. The lowest BCUT2D eigenvalue weighted by molar-refractivity contribution is 0.0997. The molecule has 0 aliphatic rings. The van der Waals surface area contributed by atoms with Gasteiger partial charge < -0.3 is 14.8 Å². The van der Waals surface area contributed by atoms with Crippen molar-refractivity contribution in [2.45, 2.75) is 6.10 Å². The Bertz CT molecular complexity index is 1170. The Labute approximate surface area is 183 Å². The van der Waals surface area contributed by atoms with Crippen molar-refractivity contribution in [1.82, 2.24) is 0 Å². The van der Waals surface area contributed by atoms with Gasteiger partial charge in [0.15, 0.2) is 5.76 Å². The summed E-state index contributed by atoms with van der Waals surface area (Å²) < 4.78 is 5.71. The van der Waals surface area contributed by atoms with Crippen LogP contribution in [0.3, 0.4) is 0 Å². The summed E-state index contributed by atoms with van der Waals surface area (Å²) in [5.41, 5.74) is 2.44. The number of aliphatic hydroxyl groups is 1. The Morgan fingerprint density at radius 2 is 1.57 bits per heavy atom. The number of anilines is 1. The molecular formula is C24H17Cl2NO3. The lowest BCUT2D eigenvalue weighted by atomic mass is 10.00. The van der Waals surface area contributed by atoms with E-state index in [1.807, 2.05) is 42.5 Å². The normalized spacial score (nSPS) is 11.8. The minimum absolute atomic E-state index is 0.148. The van der Waals surface area contributed by atoms with Crippen LogP contribution in [0.5, 0.6) is 0 Å². The summed E-state index contributed by atoms with van der Waals surface area (Å²) in [6, 6.07) is 24.6. The molecule has 0 radical (unpaired) electrons. The number of halogens is 2. The van der Waals surface area contributed by atoms with Gasteiger partial charge in [0.1, 0.15) is 11.9 Å². The van der Waals surface area contributed by atoms with Crippen LogP contribution in [0.2, 0.25) is 10.0 Å². The van der Waals surface area contributed by atoms with Crippen molar-refractivity contribution in [1.29, 1.82) is 0 Å². The van der Waals surface area contributed by atoms with Crippen molar-refractivity contribution in [3.63, 3.8) is 0 Å². The molecule has 0 spiro atoms. The van der Waals surface area contributed by atoms with Gasteiger partial charge in [-0.1, -0.05) is 53.5 Å². The Morgan fingerprint density at radius 3 is 2.30 bits per heavy atom. The van der Waals surface area contributed by atoms with E-state index in [0.29, 0.717) is 32.6 Å². The second kappa shape index (κ2) is 8.76. The van der Waals surface area contributed by atoms with Gasteiger partial charge >= 0.3 is 0 Å². The van der Waals surface area contributed by atoms with E-state index in [4.69, 9.17) is 27.6 Å². The van der Waals surface area contributed by atoms with Crippen LogP contribution in [0.25, 0.3) is 11.3 Å². The van der Waals surface area contributed by atoms with E-state index in [1.165, 1.54) is 0 Å². The summed E-state index contributed by atoms with van der Waals surface area (Å²) >= 11 is 12.0. The number of nitrogens with one attached hydrogen (secondary N) is 1. The van der Waals surface area contributed by atoms with E-state index in [-0.39, 0.29) is 5.76 Å². The highest BCUT2D eigenvalue weighted by Crippen LogP contribution is 2.31. The zero-order valence-electron chi connectivity index (χ0n) is 15.7. The molecule has 4 aromatic rings. The van der Waals surface area contributed by atoms with E-state index < -0.39 is 12.0 Å². The van der Waals surface area contributed by atoms with Gasteiger partial charge in [0.25, 0.3) is 5.91 Å². The molecule has 150 valence electrons. The summed E-state index contributed by atoms with van der Waals surface area (Å²) in [4.78, 5) is 12.8. The SMILES string of the molecule is O=C(Nc1ccc(Cl)cc1[C@@H](O)c1ccccc1)c1ccc(-c2ccc(Cl)cc2)o1. The van der Waals surface area contributed by atoms with Crippen LogP contribution in [0.1, 0.15) is 27.8 Å². The van der Waals surface area contributed by atoms with Crippen LogP contribution in [-0.4, -0.2) is 11.0 Å². The van der Waals surface area contributed by atoms with Gasteiger partial charge in [-0.05, 0) is 60.2 Å². The molecule has 30 heavy (non-hydrogen) atoms. The minimum atomic E-state index is -0.943. The molecule has 6 heteroatoms. The van der Waals surface area contributed by atoms with Gasteiger partial charge in [0.2, 0.25) is 0 Å². The molecule has 0 fully saturated rings. The van der Waals surface area contributed by atoms with Gasteiger partial charge in [-0.25, -0.2) is 0 Å². The highest BCUT2D eigenvalue weighted by molar-refractivity contribution is 6.31. The Balaban J connectivity index is 1.59. The van der Waals surface area contributed by atoms with Crippen molar-refractivity contribution in [3.05, 3.63) is 112 Å². The van der Waals surface area contributed by atoms with Crippen LogP contribution in [-0.2, 0) is 0 Å². The third kappa shape index (κ3) is 4.41. The maximum absolute atomic E-state index is 12.8. The summed E-state index contributed by atoms with van der Waals surface area (Å²) in [7, 11) is 0. The first-order valence-electron chi connectivity index (χ1n) is 9.21. The first-order chi connectivity index (χ1) is 14.5. The predicted octanol–water partition coefficient (Wildman–Crippen LogP) is 6.59. The maximum atomic E-state index is 12.8. The number of hydrogen-bond acceptors (Lipinski definition) is 3. The Kier molecular flexibility index (Phi) is 5.91. The monoisotopic (exact) mass is 437 g/mol. The predicted molar refractivity (Wildman–Crippen MR) is 119 cm³/mol. The topological polar surface area (TPSA) is 62.5 Å². The summed E-state index contributed by atoms with van der Waals surface area (Å²) in [5, 5.41) is 14.7. The van der Waals surface area contributed by atoms with Crippen molar-refractivity contribution in [2.24, 2.45) is 0 Å². The Hall–Kier alpha value is -3.05. The van der Waals surface area contributed by atoms with Crippen LogP contribution in [0, 0.1) is 0 Å². The highest BCUT2D eigenvalue weighted by atomic mass is 35.5. The van der Waals surface area contributed by atoms with E-state index in [1.54, 1.807) is 42.5 Å². The van der Waals surface area contributed by atoms with Crippen molar-refractivity contribution in [2.75, 3.05) is 5.32 Å². The molecule has 0 saturated carbocycles. The fourth-order valence-electron chi connectivity index (χ4n) is 3.10. The minimum Gasteiger partial charge on any atom is -0.451 e. The standard InChI is InChI=1S/C24H17Cl2NO3/c25-17-8-6-15(7-9-17)21-12-13-22(30-21)24(29)27-20-11-10-18(26)14-19(20)23(28)16-4-2-1-3-5-16/h1-14,23,28H,(H,27,29)/t23-/m0/s1. The van der Waals surface area contributed by atoms with Gasteiger partial charge in [-0.3, -0.25) is 4.79 Å². The maximum Gasteiger partial charge on any atom is 0.291 e. The zero-order valence-corrected chi connectivity index (χ0v) is 17.2. The van der Waals surface area contributed by atoms with Crippen LogP contribution in [0.15, 0.2) is 89.3 Å². The summed E-state index contributed by atoms with van der Waals surface area (Å²) in [6.07, 6.45) is -0.943. The fraction of sp³-hybridized carbons (Fsp3) is 0.0417. The van der Waals surface area contributed by atoms with Gasteiger partial charge in [0.05, 0.1) is 0 Å². The second-order valence-corrected chi connectivity index (χ2v) is 7.54. The molecule has 1 amide bonds. The molecule has 0 saturated heterocycles. The van der Waals surface area contributed by atoms with E-state index in [2.05, 4.69) is 5.32 Å². The number of benzene rings is 3. The smallest absolute Gasteiger partial charge is 0.291 e. The highest BCUT2D eigenvalue weighted by Gasteiger charge is 2.19. The fourth-order valence-corrected chi connectivity index (χ4v) is 3.41. The molecule has 0 bridgehead atoms. The van der Waals surface area contributed by atoms with Crippen molar-refractivity contribution < 1.29 is 14.3 Å². The molecule has 4 rings (SSSR count). The summed E-state index contributed by atoms with van der Waals surface area (Å²) in [6.45, 7) is 0. The lowest BCUT2D eigenvalue weighted by Gasteiger charge is -2.17. The first-order valence-corrected chi connectivity index (χ1v) is 9.96. The average Bonchev–Trinajstić information content (AvgIpc) is 3.26. The summed E-state index contributed by atoms with van der Waals surface area (Å²) in [5.74, 6) is 0.270. The van der Waals surface area contributed by atoms with Crippen LogP contribution >= 0.6 is 23.2 Å². The zero-order chi connectivity index (χ0) is 21.1. The number of amides is 1. The molecule has 3 aromatic carbocycles. The molecule has 1 atom stereocenters. The quantitative estimate of drug-likeness (QED) is 0.370. The van der Waals surface area contributed by atoms with Crippen molar-refractivity contribution >= 4 is 34.8 Å². The van der Waals surface area contributed by atoms with E-state index in [9.17, 15) is 9.90 Å². The number of carbonyl (C=O) groups is 1. The van der Waals surface area contributed by atoms with E-state index >= 15 is 0 Å². The largest absolute Gasteiger partial charge is 0.451 e. The molecule has 0 aliphatic carbocycles. The third-order valence-electron chi connectivity index (χ3n) is 4.63. The first kappa shape index (κ1) is 20.2. The molecule has 1 heterocycles. The molecule has 1 aromatic heterocycles. The number of aliphatic hydroxyl groups excluding tert-OH is 1. The second-order valence-electron chi connectivity index (χ2n) is 6.67. The molecular weight excluding hydrogens is 421 g/mol.